The van der Waals surface area contributed by atoms with Crippen molar-refractivity contribution in [2.24, 2.45) is 4.99 Å². The number of methoxy groups -OCH3 is 1. The number of benzene rings is 1. The topological polar surface area (TPSA) is 38.7 Å². The number of aryl methyl sites for hydroxylation is 1. The average molecular weight is 277 g/mol. The molecule has 1 aliphatic rings. The Labute approximate surface area is 118 Å². The lowest BCUT2D eigenvalue weighted by molar-refractivity contribution is 0.378. The summed E-state index contributed by atoms with van der Waals surface area (Å²) >= 11 is 1.71. The number of ether oxygens (including phenoxy) is 1. The first-order valence-electron chi connectivity index (χ1n) is 6.49. The van der Waals surface area contributed by atoms with Gasteiger partial charge in [0.1, 0.15) is 11.3 Å². The molecule has 0 unspecified atom stereocenters. The summed E-state index contributed by atoms with van der Waals surface area (Å²) in [6.07, 6.45) is 7.81. The van der Waals surface area contributed by atoms with Crippen LogP contribution in [-0.4, -0.2) is 19.4 Å². The van der Waals surface area contributed by atoms with Crippen molar-refractivity contribution in [1.82, 2.24) is 0 Å². The van der Waals surface area contributed by atoms with E-state index in [-0.39, 0.29) is 0 Å². The molecule has 3 nitrogen and oxygen atoms in total. The molecule has 0 saturated heterocycles. The van der Waals surface area contributed by atoms with Gasteiger partial charge in [0.25, 0.3) is 0 Å². The van der Waals surface area contributed by atoms with Crippen molar-refractivity contribution in [2.45, 2.75) is 43.0 Å². The van der Waals surface area contributed by atoms with Gasteiger partial charge in [0, 0.05) is 10.5 Å². The Hall–Kier alpha value is -1.25. The molecule has 0 radical (unpaired) electrons. The molecule has 1 aliphatic carbocycles. The van der Waals surface area contributed by atoms with Gasteiger partial charge < -0.3 is 4.74 Å². The Kier molecular flexibility index (Phi) is 4.33. The van der Waals surface area contributed by atoms with Gasteiger partial charge in [-0.2, -0.15) is 4.99 Å². The Morgan fingerprint density at radius 1 is 1.37 bits per heavy atom. The minimum Gasteiger partial charge on any atom is -0.496 e. The van der Waals surface area contributed by atoms with E-state index in [0.29, 0.717) is 0 Å². The molecule has 102 valence electrons. The fraction of sp³-hybridized carbons (Fsp3) is 0.533. The second-order valence-corrected chi connectivity index (χ2v) is 5.81. The summed E-state index contributed by atoms with van der Waals surface area (Å²) in [5.74, 6) is 0.830. The summed E-state index contributed by atoms with van der Waals surface area (Å²) in [6, 6.07) is 4.17. The average Bonchev–Trinajstić information content (AvgIpc) is 2.88. The Morgan fingerprint density at radius 2 is 2.05 bits per heavy atom. The summed E-state index contributed by atoms with van der Waals surface area (Å²) in [4.78, 5) is 16.2. The van der Waals surface area contributed by atoms with Crippen LogP contribution in [0.15, 0.2) is 22.0 Å². The van der Waals surface area contributed by atoms with Gasteiger partial charge in [-0.05, 0) is 43.7 Å². The number of hydrogen-bond acceptors (Lipinski definition) is 4. The van der Waals surface area contributed by atoms with Crippen molar-refractivity contribution in [3.05, 3.63) is 23.3 Å². The summed E-state index contributed by atoms with van der Waals surface area (Å²) in [5, 5.41) is 0. The maximum absolute atomic E-state index is 10.8. The van der Waals surface area contributed by atoms with Gasteiger partial charge in [-0.25, -0.2) is 4.79 Å². The Bertz CT molecular complexity index is 515. The number of isocyanates is 1. The zero-order valence-electron chi connectivity index (χ0n) is 11.7. The minimum atomic E-state index is -0.425. The molecule has 0 bridgehead atoms. The van der Waals surface area contributed by atoms with E-state index in [0.717, 1.165) is 37.0 Å². The van der Waals surface area contributed by atoms with Crippen LogP contribution in [0.5, 0.6) is 5.75 Å². The van der Waals surface area contributed by atoms with Crippen LogP contribution in [-0.2, 0) is 10.3 Å². The Balaban J connectivity index is 2.61. The first-order valence-corrected chi connectivity index (χ1v) is 7.71. The maximum Gasteiger partial charge on any atom is 0.235 e. The molecule has 0 aromatic heterocycles. The molecular formula is C15H19NO2S. The van der Waals surface area contributed by atoms with Crippen molar-refractivity contribution in [2.75, 3.05) is 13.4 Å². The summed E-state index contributed by atoms with van der Waals surface area (Å²) in [5.41, 5.74) is 1.80. The maximum atomic E-state index is 10.8. The molecule has 1 fully saturated rings. The van der Waals surface area contributed by atoms with Gasteiger partial charge in [0.15, 0.2) is 0 Å². The summed E-state index contributed by atoms with van der Waals surface area (Å²) in [7, 11) is 1.67. The van der Waals surface area contributed by atoms with E-state index < -0.39 is 5.54 Å². The lowest BCUT2D eigenvalue weighted by atomic mass is 9.87. The third-order valence-electron chi connectivity index (χ3n) is 3.91. The third-order valence-corrected chi connectivity index (χ3v) is 4.79. The van der Waals surface area contributed by atoms with Crippen molar-refractivity contribution in [3.63, 3.8) is 0 Å². The molecule has 2 rings (SSSR count). The third kappa shape index (κ3) is 2.56. The second kappa shape index (κ2) is 5.81. The van der Waals surface area contributed by atoms with Crippen molar-refractivity contribution in [1.29, 1.82) is 0 Å². The largest absolute Gasteiger partial charge is 0.496 e. The van der Waals surface area contributed by atoms with Gasteiger partial charge in [0.05, 0.1) is 7.11 Å². The number of thioether (sulfide) groups is 1. The van der Waals surface area contributed by atoms with Gasteiger partial charge in [0.2, 0.25) is 6.08 Å². The normalized spacial score (nSPS) is 17.0. The minimum absolute atomic E-state index is 0.425. The van der Waals surface area contributed by atoms with Crippen molar-refractivity contribution >= 4 is 17.8 Å². The standard InChI is InChI=1S/C15H19NO2S/c1-11-8-13(18-2)12(9-14(11)19-3)15(16-10-17)6-4-5-7-15/h8-9H,4-7H2,1-3H3. The molecule has 1 aromatic rings. The summed E-state index contributed by atoms with van der Waals surface area (Å²) in [6.45, 7) is 2.07. The van der Waals surface area contributed by atoms with Crippen LogP contribution < -0.4 is 4.74 Å². The zero-order valence-corrected chi connectivity index (χ0v) is 12.5. The molecular weight excluding hydrogens is 258 g/mol. The van der Waals surface area contributed by atoms with Crippen molar-refractivity contribution in [3.8, 4) is 5.75 Å². The molecule has 0 spiro atoms. The van der Waals surface area contributed by atoms with Gasteiger partial charge >= 0.3 is 0 Å². The van der Waals surface area contributed by atoms with Crippen LogP contribution in [0, 0.1) is 6.92 Å². The highest BCUT2D eigenvalue weighted by molar-refractivity contribution is 7.98. The number of carbonyl (C=O) groups excluding carboxylic acids is 1. The molecule has 1 aromatic carbocycles. The SMILES string of the molecule is COc1cc(C)c(SC)cc1C1(N=C=O)CCCC1. The molecule has 0 heterocycles. The first-order chi connectivity index (χ1) is 9.16. The zero-order chi connectivity index (χ0) is 13.9. The Morgan fingerprint density at radius 3 is 2.58 bits per heavy atom. The van der Waals surface area contributed by atoms with Crippen LogP contribution in [0.1, 0.15) is 36.8 Å². The van der Waals surface area contributed by atoms with E-state index in [4.69, 9.17) is 4.74 Å². The van der Waals surface area contributed by atoms with Crippen LogP contribution >= 0.6 is 11.8 Å². The molecule has 0 amide bonds. The molecule has 0 aliphatic heterocycles. The fourth-order valence-corrected chi connectivity index (χ4v) is 3.52. The molecule has 1 saturated carbocycles. The second-order valence-electron chi connectivity index (χ2n) is 4.96. The first kappa shape index (κ1) is 14.2. The fourth-order valence-electron chi connectivity index (χ4n) is 2.90. The smallest absolute Gasteiger partial charge is 0.235 e. The van der Waals surface area contributed by atoms with Crippen LogP contribution in [0.3, 0.4) is 0 Å². The highest BCUT2D eigenvalue weighted by Crippen LogP contribution is 2.47. The number of rotatable bonds is 4. The predicted molar refractivity (Wildman–Crippen MR) is 77.8 cm³/mol. The van der Waals surface area contributed by atoms with Gasteiger partial charge in [-0.3, -0.25) is 0 Å². The van der Waals surface area contributed by atoms with E-state index in [1.807, 2.05) is 6.07 Å². The van der Waals surface area contributed by atoms with Crippen molar-refractivity contribution < 1.29 is 9.53 Å². The lowest BCUT2D eigenvalue weighted by Crippen LogP contribution is -2.20. The van der Waals surface area contributed by atoms with E-state index in [9.17, 15) is 4.79 Å². The highest BCUT2D eigenvalue weighted by atomic mass is 32.2. The van der Waals surface area contributed by atoms with Crippen LogP contribution in [0.2, 0.25) is 0 Å². The van der Waals surface area contributed by atoms with Gasteiger partial charge in [-0.15, -0.1) is 11.8 Å². The number of hydrogen-bond donors (Lipinski definition) is 0. The van der Waals surface area contributed by atoms with Crippen LogP contribution in [0.25, 0.3) is 0 Å². The number of nitrogens with zero attached hydrogens (tertiary/aromatic N) is 1. The highest BCUT2D eigenvalue weighted by Gasteiger charge is 2.38. The van der Waals surface area contributed by atoms with E-state index >= 15 is 0 Å². The molecule has 19 heavy (non-hydrogen) atoms. The van der Waals surface area contributed by atoms with Crippen LogP contribution in [0.4, 0.5) is 0 Å². The molecule has 4 heteroatoms. The lowest BCUT2D eigenvalue weighted by Gasteiger charge is -2.26. The van der Waals surface area contributed by atoms with E-state index in [1.54, 1.807) is 25.0 Å². The van der Waals surface area contributed by atoms with Gasteiger partial charge in [-0.1, -0.05) is 12.8 Å². The molecule has 0 atom stereocenters. The molecule has 0 N–H and O–H groups in total. The van der Waals surface area contributed by atoms with E-state index in [1.165, 1.54) is 10.5 Å². The van der Waals surface area contributed by atoms with E-state index in [2.05, 4.69) is 24.2 Å². The quantitative estimate of drug-likeness (QED) is 0.477. The number of aliphatic imine (C=N–C) groups is 1. The monoisotopic (exact) mass is 277 g/mol. The predicted octanol–water partition coefficient (Wildman–Crippen LogP) is 3.83. The summed E-state index contributed by atoms with van der Waals surface area (Å²) < 4.78 is 5.51.